The number of piperazine rings is 1. The average Bonchev–Trinajstić information content (AvgIpc) is 2.51. The van der Waals surface area contributed by atoms with Gasteiger partial charge in [0.2, 0.25) is 0 Å². The first-order valence-corrected chi connectivity index (χ1v) is 8.49. The highest BCUT2D eigenvalue weighted by Crippen LogP contribution is 2.47. The number of hydrogen-bond donors (Lipinski definition) is 1. The lowest BCUT2D eigenvalue weighted by atomic mass is 9.76. The van der Waals surface area contributed by atoms with Crippen LogP contribution in [0.1, 0.15) is 30.9 Å². The van der Waals surface area contributed by atoms with Crippen molar-refractivity contribution >= 4 is 36.4 Å². The van der Waals surface area contributed by atoms with Gasteiger partial charge in [0.1, 0.15) is 0 Å². The van der Waals surface area contributed by atoms with Gasteiger partial charge in [0.25, 0.3) is 0 Å². The van der Waals surface area contributed by atoms with Gasteiger partial charge in [-0.25, -0.2) is 0 Å². The van der Waals surface area contributed by atoms with E-state index in [-0.39, 0.29) is 24.8 Å². The smallest absolute Gasteiger partial charge is 0.179 e. The van der Waals surface area contributed by atoms with E-state index in [1.807, 2.05) is 6.07 Å². The molecule has 0 aromatic heterocycles. The van der Waals surface area contributed by atoms with Gasteiger partial charge in [0, 0.05) is 32.2 Å². The van der Waals surface area contributed by atoms with Crippen LogP contribution in [0.4, 0.5) is 0 Å². The van der Waals surface area contributed by atoms with Gasteiger partial charge < -0.3 is 14.8 Å². The number of methoxy groups -OCH3 is 2. The molecule has 2 aliphatic rings. The third-order valence-corrected chi connectivity index (χ3v) is 5.36. The molecule has 0 spiro atoms. The summed E-state index contributed by atoms with van der Waals surface area (Å²) in [6, 6.07) is 4.49. The summed E-state index contributed by atoms with van der Waals surface area (Å²) in [7, 11) is 3.30. The van der Waals surface area contributed by atoms with Crippen LogP contribution in [-0.2, 0) is 0 Å². The van der Waals surface area contributed by atoms with Crippen molar-refractivity contribution in [2.45, 2.75) is 25.3 Å². The highest BCUT2D eigenvalue weighted by atomic mass is 35.5. The molecule has 4 nitrogen and oxygen atoms in total. The summed E-state index contributed by atoms with van der Waals surface area (Å²) in [6.07, 6.45) is 3.91. The first-order valence-electron chi connectivity index (χ1n) is 8.11. The lowest BCUT2D eigenvalue weighted by Gasteiger charge is -2.43. The van der Waals surface area contributed by atoms with Crippen LogP contribution in [0.5, 0.6) is 11.5 Å². The predicted molar refractivity (Wildman–Crippen MR) is 104 cm³/mol. The summed E-state index contributed by atoms with van der Waals surface area (Å²) in [5.74, 6) is 2.05. The SMILES string of the molecule is COc1ccc([C@H](C2CCC2)N2CCNCC2)c(Cl)c1OC.Cl.Cl. The Hall–Kier alpha value is -0.390. The van der Waals surface area contributed by atoms with E-state index in [1.165, 1.54) is 24.8 Å². The number of halogens is 3. The fourth-order valence-electron chi connectivity index (χ4n) is 3.60. The van der Waals surface area contributed by atoms with Crippen molar-refractivity contribution in [2.75, 3.05) is 40.4 Å². The fraction of sp³-hybridized carbons (Fsp3) is 0.647. The van der Waals surface area contributed by atoms with E-state index in [4.69, 9.17) is 21.1 Å². The van der Waals surface area contributed by atoms with Gasteiger partial charge in [-0.3, -0.25) is 4.90 Å². The van der Waals surface area contributed by atoms with Gasteiger partial charge in [-0.15, -0.1) is 24.8 Å². The quantitative estimate of drug-likeness (QED) is 0.816. The normalized spacial score (nSPS) is 19.5. The summed E-state index contributed by atoms with van der Waals surface area (Å²) >= 11 is 6.68. The Labute approximate surface area is 162 Å². The molecule has 1 saturated heterocycles. The lowest BCUT2D eigenvalue weighted by Crippen LogP contribution is -2.47. The van der Waals surface area contributed by atoms with Crippen molar-refractivity contribution in [1.29, 1.82) is 0 Å². The molecule has 1 N–H and O–H groups in total. The monoisotopic (exact) mass is 396 g/mol. The van der Waals surface area contributed by atoms with Crippen LogP contribution in [0.2, 0.25) is 5.02 Å². The number of nitrogens with zero attached hydrogens (tertiary/aromatic N) is 1. The number of ether oxygens (including phenoxy) is 2. The molecule has 1 aliphatic heterocycles. The largest absolute Gasteiger partial charge is 0.493 e. The Bertz CT molecular complexity index is 521. The van der Waals surface area contributed by atoms with Gasteiger partial charge in [0.15, 0.2) is 11.5 Å². The van der Waals surface area contributed by atoms with Crippen LogP contribution in [-0.4, -0.2) is 45.3 Å². The van der Waals surface area contributed by atoms with E-state index in [0.717, 1.165) is 26.2 Å². The lowest BCUT2D eigenvalue weighted by molar-refractivity contribution is 0.0836. The number of benzene rings is 1. The van der Waals surface area contributed by atoms with Crippen molar-refractivity contribution in [1.82, 2.24) is 10.2 Å². The molecule has 0 radical (unpaired) electrons. The minimum absolute atomic E-state index is 0. The molecule has 3 rings (SSSR count). The summed E-state index contributed by atoms with van der Waals surface area (Å²) in [4.78, 5) is 2.58. The molecule has 24 heavy (non-hydrogen) atoms. The van der Waals surface area contributed by atoms with Gasteiger partial charge >= 0.3 is 0 Å². The summed E-state index contributed by atoms with van der Waals surface area (Å²) in [5.41, 5.74) is 1.19. The third-order valence-electron chi connectivity index (χ3n) is 4.97. The Morgan fingerprint density at radius 3 is 2.29 bits per heavy atom. The van der Waals surface area contributed by atoms with Gasteiger partial charge in [-0.05, 0) is 30.4 Å². The Kier molecular flexibility index (Phi) is 8.96. The molecule has 0 bridgehead atoms. The average molecular weight is 398 g/mol. The van der Waals surface area contributed by atoms with E-state index in [2.05, 4.69) is 16.3 Å². The maximum Gasteiger partial charge on any atom is 0.179 e. The number of rotatable bonds is 5. The Balaban J connectivity index is 0.00000144. The third kappa shape index (κ3) is 4.23. The molecule has 7 heteroatoms. The van der Waals surface area contributed by atoms with Gasteiger partial charge in [-0.2, -0.15) is 0 Å². The first kappa shape index (κ1) is 21.7. The Morgan fingerprint density at radius 2 is 1.79 bits per heavy atom. The Morgan fingerprint density at radius 1 is 1.12 bits per heavy atom. The molecule has 1 aromatic carbocycles. The molecule has 2 fully saturated rings. The maximum absolute atomic E-state index is 6.68. The van der Waals surface area contributed by atoms with E-state index < -0.39 is 0 Å². The molecule has 1 atom stereocenters. The molecule has 138 valence electrons. The molecule has 1 aromatic rings. The standard InChI is InChI=1S/C17H25ClN2O2.2ClH/c1-21-14-7-6-13(15(18)17(14)22-2)16(12-4-3-5-12)20-10-8-19-9-11-20;;/h6-7,12,16,19H,3-5,8-11H2,1-2H3;2*1H/t16-;;/m0../s1. The molecule has 0 unspecified atom stereocenters. The second-order valence-corrected chi connectivity index (χ2v) is 6.50. The zero-order valence-electron chi connectivity index (χ0n) is 14.2. The van der Waals surface area contributed by atoms with Crippen LogP contribution in [0.15, 0.2) is 12.1 Å². The predicted octanol–water partition coefficient (Wildman–Crippen LogP) is 3.95. The first-order chi connectivity index (χ1) is 10.8. The van der Waals surface area contributed by atoms with Crippen LogP contribution >= 0.6 is 36.4 Å². The summed E-state index contributed by atoms with van der Waals surface area (Å²) < 4.78 is 10.9. The van der Waals surface area contributed by atoms with E-state index >= 15 is 0 Å². The minimum Gasteiger partial charge on any atom is -0.493 e. The van der Waals surface area contributed by atoms with E-state index in [1.54, 1.807) is 14.2 Å². The number of hydrogen-bond acceptors (Lipinski definition) is 4. The van der Waals surface area contributed by atoms with Crippen LogP contribution in [0.3, 0.4) is 0 Å². The van der Waals surface area contributed by atoms with Crippen LogP contribution < -0.4 is 14.8 Å². The van der Waals surface area contributed by atoms with Crippen molar-refractivity contribution in [2.24, 2.45) is 5.92 Å². The van der Waals surface area contributed by atoms with Crippen molar-refractivity contribution in [3.8, 4) is 11.5 Å². The summed E-state index contributed by atoms with van der Waals surface area (Å²) in [5, 5.41) is 4.14. The van der Waals surface area contributed by atoms with Crippen LogP contribution in [0, 0.1) is 5.92 Å². The van der Waals surface area contributed by atoms with Crippen molar-refractivity contribution < 1.29 is 9.47 Å². The van der Waals surface area contributed by atoms with E-state index in [0.29, 0.717) is 28.5 Å². The van der Waals surface area contributed by atoms with Gasteiger partial charge in [0.05, 0.1) is 19.2 Å². The molecule has 1 heterocycles. The zero-order valence-corrected chi connectivity index (χ0v) is 16.6. The molecular weight excluding hydrogens is 371 g/mol. The highest BCUT2D eigenvalue weighted by Gasteiger charge is 2.35. The topological polar surface area (TPSA) is 33.7 Å². The fourth-order valence-corrected chi connectivity index (χ4v) is 3.94. The molecule has 1 aliphatic carbocycles. The van der Waals surface area contributed by atoms with Crippen LogP contribution in [0.25, 0.3) is 0 Å². The van der Waals surface area contributed by atoms with E-state index in [9.17, 15) is 0 Å². The van der Waals surface area contributed by atoms with Gasteiger partial charge in [-0.1, -0.05) is 24.1 Å². The number of nitrogens with one attached hydrogen (secondary N) is 1. The second kappa shape index (κ2) is 9.93. The zero-order chi connectivity index (χ0) is 15.5. The second-order valence-electron chi connectivity index (χ2n) is 6.13. The van der Waals surface area contributed by atoms with Crippen molar-refractivity contribution in [3.05, 3.63) is 22.7 Å². The summed E-state index contributed by atoms with van der Waals surface area (Å²) in [6.45, 7) is 4.25. The minimum atomic E-state index is 0. The maximum atomic E-state index is 6.68. The molecule has 0 amide bonds. The molecular formula is C17H27Cl3N2O2. The van der Waals surface area contributed by atoms with Crippen molar-refractivity contribution in [3.63, 3.8) is 0 Å². The molecule has 1 saturated carbocycles. The highest BCUT2D eigenvalue weighted by molar-refractivity contribution is 6.33.